The summed E-state index contributed by atoms with van der Waals surface area (Å²) in [5, 5.41) is 1.75. The Morgan fingerprint density at radius 1 is 0.895 bits per heavy atom. The Morgan fingerprint density at radius 2 is 1.42 bits per heavy atom. The van der Waals surface area contributed by atoms with Crippen LogP contribution in [0.25, 0.3) is 0 Å². The Morgan fingerprint density at radius 3 is 1.95 bits per heavy atom. The second-order valence-electron chi connectivity index (χ2n) is 5.88. The van der Waals surface area contributed by atoms with E-state index in [1.807, 2.05) is 6.08 Å². The molecule has 0 aliphatic carbocycles. The van der Waals surface area contributed by atoms with E-state index in [1.165, 1.54) is 0 Å². The van der Waals surface area contributed by atoms with E-state index in [4.69, 9.17) is 14.2 Å². The summed E-state index contributed by atoms with van der Waals surface area (Å²) >= 11 is 4.02. The highest BCUT2D eigenvalue weighted by atomic mass is 32.1. The number of hydrogen-bond donors (Lipinski definition) is 1. The molecule has 0 rings (SSSR count). The molecule has 0 radical (unpaired) electrons. The van der Waals surface area contributed by atoms with Crippen LogP contribution in [0, 0.1) is 0 Å². The molecule has 0 fully saturated rings. The zero-order valence-electron chi connectivity index (χ0n) is 13.1. The fraction of sp³-hybridized carbons (Fsp3) is 0.867. The average Bonchev–Trinajstić information content (AvgIpc) is 2.32. The Bertz CT molecular complexity index is 250. The van der Waals surface area contributed by atoms with Crippen molar-refractivity contribution >= 4 is 12.6 Å². The van der Waals surface area contributed by atoms with Crippen molar-refractivity contribution in [2.75, 3.05) is 26.9 Å². The Labute approximate surface area is 124 Å². The molecule has 0 aliphatic heterocycles. The monoisotopic (exact) mass is 290 g/mol. The molecule has 0 aromatic carbocycles. The van der Waals surface area contributed by atoms with Gasteiger partial charge in [-0.1, -0.05) is 6.08 Å². The summed E-state index contributed by atoms with van der Waals surface area (Å²) in [4.78, 5) is 0. The zero-order valence-corrected chi connectivity index (χ0v) is 14.0. The van der Waals surface area contributed by atoms with Crippen LogP contribution in [0.2, 0.25) is 0 Å². The minimum atomic E-state index is -0.151. The summed E-state index contributed by atoms with van der Waals surface area (Å²) in [6, 6.07) is 0. The van der Waals surface area contributed by atoms with E-state index in [0.29, 0.717) is 6.61 Å². The predicted octanol–water partition coefficient (Wildman–Crippen LogP) is 3.84. The first-order chi connectivity index (χ1) is 8.83. The minimum Gasteiger partial charge on any atom is -0.385 e. The quantitative estimate of drug-likeness (QED) is 0.463. The highest BCUT2D eigenvalue weighted by Gasteiger charge is 2.22. The van der Waals surface area contributed by atoms with Crippen molar-refractivity contribution in [2.45, 2.75) is 58.2 Å². The molecule has 0 aromatic heterocycles. The lowest BCUT2D eigenvalue weighted by atomic mass is 10.0. The highest BCUT2D eigenvalue weighted by Crippen LogP contribution is 2.19. The van der Waals surface area contributed by atoms with Gasteiger partial charge in [0.25, 0.3) is 0 Å². The fourth-order valence-corrected chi connectivity index (χ4v) is 1.69. The Hall–Kier alpha value is -0.0300. The van der Waals surface area contributed by atoms with Gasteiger partial charge in [0.05, 0.1) is 24.4 Å². The molecule has 114 valence electrons. The maximum Gasteiger partial charge on any atom is 0.0648 e. The van der Waals surface area contributed by atoms with Gasteiger partial charge in [-0.25, -0.2) is 0 Å². The van der Waals surface area contributed by atoms with Crippen molar-refractivity contribution in [2.24, 2.45) is 0 Å². The van der Waals surface area contributed by atoms with E-state index < -0.39 is 0 Å². The topological polar surface area (TPSA) is 27.7 Å². The van der Waals surface area contributed by atoms with Gasteiger partial charge in [-0.05, 0) is 52.4 Å². The van der Waals surface area contributed by atoms with Gasteiger partial charge in [-0.3, -0.25) is 0 Å². The third kappa shape index (κ3) is 11.5. The van der Waals surface area contributed by atoms with Crippen molar-refractivity contribution < 1.29 is 14.2 Å². The summed E-state index contributed by atoms with van der Waals surface area (Å²) in [5.74, 6) is 0. The number of hydrogen-bond acceptors (Lipinski definition) is 4. The highest BCUT2D eigenvalue weighted by molar-refractivity contribution is 7.83. The molecule has 19 heavy (non-hydrogen) atoms. The van der Waals surface area contributed by atoms with E-state index >= 15 is 0 Å². The number of methoxy groups -OCH3 is 1. The largest absolute Gasteiger partial charge is 0.385 e. The maximum absolute atomic E-state index is 5.91. The molecule has 0 bridgehead atoms. The molecule has 0 saturated heterocycles. The lowest BCUT2D eigenvalue weighted by molar-refractivity contribution is -0.0781. The zero-order chi connectivity index (χ0) is 14.8. The van der Waals surface area contributed by atoms with Gasteiger partial charge >= 0.3 is 0 Å². The lowest BCUT2D eigenvalue weighted by Gasteiger charge is -2.29. The second-order valence-corrected chi connectivity index (χ2v) is 6.18. The molecule has 0 aromatic rings. The van der Waals surface area contributed by atoms with Crippen LogP contribution < -0.4 is 0 Å². The molecule has 0 N–H and O–H groups in total. The van der Waals surface area contributed by atoms with E-state index in [-0.39, 0.29) is 11.2 Å². The van der Waals surface area contributed by atoms with Crippen molar-refractivity contribution in [3.05, 3.63) is 11.5 Å². The predicted molar refractivity (Wildman–Crippen MR) is 83.9 cm³/mol. The summed E-state index contributed by atoms with van der Waals surface area (Å²) in [5.41, 5.74) is -0.289. The Kier molecular flexibility index (Phi) is 9.79. The van der Waals surface area contributed by atoms with Crippen LogP contribution in [-0.4, -0.2) is 38.1 Å². The van der Waals surface area contributed by atoms with Crippen LogP contribution in [0.1, 0.15) is 47.0 Å². The van der Waals surface area contributed by atoms with Gasteiger partial charge in [-0.2, -0.15) is 12.6 Å². The smallest absolute Gasteiger partial charge is 0.0648 e. The maximum atomic E-state index is 5.91. The van der Waals surface area contributed by atoms with Crippen LogP contribution in [-0.2, 0) is 14.2 Å². The lowest BCUT2D eigenvalue weighted by Crippen LogP contribution is -2.31. The first-order valence-corrected chi connectivity index (χ1v) is 7.41. The molecular weight excluding hydrogens is 260 g/mol. The van der Waals surface area contributed by atoms with Gasteiger partial charge in [0.15, 0.2) is 0 Å². The van der Waals surface area contributed by atoms with Crippen LogP contribution >= 0.6 is 12.6 Å². The average molecular weight is 290 g/mol. The first kappa shape index (κ1) is 19.0. The van der Waals surface area contributed by atoms with Gasteiger partial charge in [0, 0.05) is 13.7 Å². The molecule has 0 spiro atoms. The van der Waals surface area contributed by atoms with Crippen LogP contribution in [0.5, 0.6) is 0 Å². The SMILES string of the molecule is COCCC(C)(C)OCCC(C)(C)OCC/C=C\S. The standard InChI is InChI=1S/C15H30O3S/c1-14(2,8-11-16-5)18-12-9-15(3,4)17-10-6-7-13-19/h7,13,19H,6,8-12H2,1-5H3/b13-7-. The minimum absolute atomic E-state index is 0.138. The molecule has 0 aliphatic rings. The fourth-order valence-electron chi connectivity index (χ4n) is 1.54. The molecule has 0 saturated carbocycles. The third-order valence-corrected chi connectivity index (χ3v) is 3.20. The molecule has 0 unspecified atom stereocenters. The van der Waals surface area contributed by atoms with E-state index in [0.717, 1.165) is 32.5 Å². The third-order valence-electron chi connectivity index (χ3n) is 2.99. The van der Waals surface area contributed by atoms with Crippen molar-refractivity contribution in [3.63, 3.8) is 0 Å². The van der Waals surface area contributed by atoms with Crippen LogP contribution in [0.4, 0.5) is 0 Å². The molecular formula is C15H30O3S. The van der Waals surface area contributed by atoms with E-state index in [2.05, 4.69) is 40.3 Å². The molecule has 4 heteroatoms. The second kappa shape index (κ2) is 9.81. The van der Waals surface area contributed by atoms with Crippen molar-refractivity contribution in [1.82, 2.24) is 0 Å². The summed E-state index contributed by atoms with van der Waals surface area (Å²) in [6.07, 6.45) is 4.67. The van der Waals surface area contributed by atoms with E-state index in [9.17, 15) is 0 Å². The molecule has 3 nitrogen and oxygen atoms in total. The normalized spacial score (nSPS) is 13.4. The van der Waals surface area contributed by atoms with Crippen molar-refractivity contribution in [1.29, 1.82) is 0 Å². The number of thiol groups is 1. The van der Waals surface area contributed by atoms with Gasteiger partial charge < -0.3 is 14.2 Å². The van der Waals surface area contributed by atoms with Crippen LogP contribution in [0.15, 0.2) is 11.5 Å². The summed E-state index contributed by atoms with van der Waals surface area (Å²) < 4.78 is 16.8. The summed E-state index contributed by atoms with van der Waals surface area (Å²) in [6.45, 7) is 10.5. The molecule has 0 amide bonds. The number of rotatable bonds is 11. The molecule has 0 atom stereocenters. The van der Waals surface area contributed by atoms with Gasteiger partial charge in [0.1, 0.15) is 0 Å². The molecule has 0 heterocycles. The van der Waals surface area contributed by atoms with E-state index in [1.54, 1.807) is 12.5 Å². The van der Waals surface area contributed by atoms with Gasteiger partial charge in [-0.15, -0.1) is 0 Å². The number of ether oxygens (including phenoxy) is 3. The van der Waals surface area contributed by atoms with Gasteiger partial charge in [0.2, 0.25) is 0 Å². The van der Waals surface area contributed by atoms with Crippen molar-refractivity contribution in [3.8, 4) is 0 Å². The Balaban J connectivity index is 3.83. The van der Waals surface area contributed by atoms with Crippen LogP contribution in [0.3, 0.4) is 0 Å². The first-order valence-electron chi connectivity index (χ1n) is 6.89. The summed E-state index contributed by atoms with van der Waals surface area (Å²) in [7, 11) is 1.71.